The standard InChI is InChI=1S/C81H87BN4/c1-75(2,3)52-26-34-56(35-27-52)83(57-36-28-53(29-37-57)76(4,5)6)61-43-45-70-69(49-61)82-68-25-21-24-66-74(68)86(81(16)47-20-19-46-80(66,81)15)72-51-62(84(58-38-30-54(31-39-58)77(7,8)9)59-40-32-55(33-41-59)78(10,11)12)50-71(73(72)82)85(70)60-42-44-64-63-22-17-18-23-65(63)79(13,14)67(64)48-60/h17-18,21-45,48-51H,19-20,46-47H2,1-16H3. The van der Waals surface area contributed by atoms with Crippen LogP contribution in [-0.2, 0) is 32.5 Å². The van der Waals surface area contributed by atoms with E-state index in [1.165, 1.54) is 108 Å². The van der Waals surface area contributed by atoms with Gasteiger partial charge in [0.15, 0.2) is 0 Å². The van der Waals surface area contributed by atoms with Crippen molar-refractivity contribution < 1.29 is 0 Å². The minimum atomic E-state index is -0.194. The van der Waals surface area contributed by atoms with Gasteiger partial charge in [-0.3, -0.25) is 0 Å². The Morgan fingerprint density at radius 3 is 1.38 bits per heavy atom. The van der Waals surface area contributed by atoms with Gasteiger partial charge in [-0.2, -0.15) is 0 Å². The summed E-state index contributed by atoms with van der Waals surface area (Å²) < 4.78 is 0. The van der Waals surface area contributed by atoms with Crippen LogP contribution in [0.2, 0.25) is 0 Å². The Morgan fingerprint density at radius 1 is 0.384 bits per heavy atom. The van der Waals surface area contributed by atoms with Crippen LogP contribution < -0.4 is 36.0 Å². The Labute approximate surface area is 515 Å². The number of para-hydroxylation sites is 1. The van der Waals surface area contributed by atoms with E-state index in [-0.39, 0.29) is 44.7 Å². The monoisotopic (exact) mass is 1130 g/mol. The molecule has 2 atom stereocenters. The molecule has 2 aliphatic carbocycles. The fourth-order valence-corrected chi connectivity index (χ4v) is 16.0. The maximum Gasteiger partial charge on any atom is 0.252 e. The highest BCUT2D eigenvalue weighted by atomic mass is 15.3. The van der Waals surface area contributed by atoms with E-state index in [2.05, 4.69) is 318 Å². The molecule has 9 aromatic rings. The van der Waals surface area contributed by atoms with E-state index in [1.54, 1.807) is 0 Å². The van der Waals surface area contributed by atoms with Crippen molar-refractivity contribution >= 4 is 85.7 Å². The molecule has 0 spiro atoms. The molecule has 0 N–H and O–H groups in total. The van der Waals surface area contributed by atoms with Gasteiger partial charge in [0.1, 0.15) is 0 Å². The summed E-state index contributed by atoms with van der Waals surface area (Å²) in [7, 11) is 0. The largest absolute Gasteiger partial charge is 0.335 e. The lowest BCUT2D eigenvalue weighted by Crippen LogP contribution is -2.64. The lowest BCUT2D eigenvalue weighted by atomic mass is 9.33. The molecule has 3 aliphatic heterocycles. The molecule has 2 unspecified atom stereocenters. The molecule has 14 rings (SSSR count). The van der Waals surface area contributed by atoms with Gasteiger partial charge in [-0.05, 0) is 199 Å². The van der Waals surface area contributed by atoms with Crippen LogP contribution >= 0.6 is 0 Å². The second-order valence-corrected chi connectivity index (χ2v) is 31.1. The van der Waals surface area contributed by atoms with Crippen LogP contribution in [0, 0.1) is 0 Å². The van der Waals surface area contributed by atoms with Gasteiger partial charge >= 0.3 is 0 Å². The number of rotatable bonds is 7. The first-order valence-corrected chi connectivity index (χ1v) is 32.0. The maximum absolute atomic E-state index is 2.90. The quantitative estimate of drug-likeness (QED) is 0.147. The molecule has 86 heavy (non-hydrogen) atoms. The van der Waals surface area contributed by atoms with Crippen molar-refractivity contribution in [2.24, 2.45) is 0 Å². The molecular formula is C81H87BN4. The minimum Gasteiger partial charge on any atom is -0.335 e. The molecular weight excluding hydrogens is 1040 g/mol. The predicted molar refractivity (Wildman–Crippen MR) is 370 cm³/mol. The summed E-state index contributed by atoms with van der Waals surface area (Å²) in [5.41, 5.74) is 29.2. The van der Waals surface area contributed by atoms with Gasteiger partial charge < -0.3 is 19.6 Å². The molecule has 0 saturated heterocycles. The molecule has 5 aliphatic rings. The second-order valence-electron chi connectivity index (χ2n) is 31.1. The van der Waals surface area contributed by atoms with Gasteiger partial charge in [-0.15, -0.1) is 0 Å². The number of fused-ring (bicyclic) bond motifs is 10. The smallest absolute Gasteiger partial charge is 0.252 e. The number of nitrogens with zero attached hydrogens (tertiary/aromatic N) is 4. The van der Waals surface area contributed by atoms with Crippen LogP contribution in [0.5, 0.6) is 0 Å². The molecule has 0 radical (unpaired) electrons. The second kappa shape index (κ2) is 19.1. The SMILES string of the molecule is CC(C)(C)c1ccc(N(c2ccc(C(C)(C)C)cc2)c2ccc3c(c2)B2c4cccc5c4N(c4cc(N(c6ccc(C(C)(C)C)cc6)c6ccc(C(C)(C)C)cc6)cc(c42)N3c2ccc3c(c2)C(C)(C)c2ccccc2-3)C2(C)CCCCC52C)cc1. The van der Waals surface area contributed by atoms with Crippen LogP contribution in [0.1, 0.15) is 175 Å². The molecule has 9 aromatic carbocycles. The maximum atomic E-state index is 2.90. The van der Waals surface area contributed by atoms with Crippen LogP contribution in [0.25, 0.3) is 11.1 Å². The fraction of sp³-hybridized carbons (Fsp3) is 0.333. The molecule has 0 aromatic heterocycles. The van der Waals surface area contributed by atoms with E-state index in [9.17, 15) is 0 Å². The van der Waals surface area contributed by atoms with Gasteiger partial charge in [-0.25, -0.2) is 0 Å². The highest BCUT2D eigenvalue weighted by molar-refractivity contribution is 7.00. The normalized spacial score (nSPS) is 18.9. The lowest BCUT2D eigenvalue weighted by Gasteiger charge is -2.53. The van der Waals surface area contributed by atoms with Gasteiger partial charge in [0.05, 0.1) is 11.2 Å². The van der Waals surface area contributed by atoms with Crippen molar-refractivity contribution in [2.75, 3.05) is 19.6 Å². The third kappa shape index (κ3) is 8.51. The first kappa shape index (κ1) is 56.1. The highest BCUT2D eigenvalue weighted by Crippen LogP contribution is 2.63. The Morgan fingerprint density at radius 2 is 0.849 bits per heavy atom. The molecule has 4 nitrogen and oxygen atoms in total. The highest BCUT2D eigenvalue weighted by Gasteiger charge is 2.61. The average Bonchev–Trinajstić information content (AvgIpc) is 1.44. The Balaban J connectivity index is 1.07. The Hall–Kier alpha value is -7.76. The fourth-order valence-electron chi connectivity index (χ4n) is 16.0. The molecule has 5 heteroatoms. The Kier molecular flexibility index (Phi) is 12.5. The topological polar surface area (TPSA) is 13.0 Å². The van der Waals surface area contributed by atoms with E-state index in [1.807, 2.05) is 0 Å². The zero-order valence-corrected chi connectivity index (χ0v) is 54.1. The first-order chi connectivity index (χ1) is 40.7. The van der Waals surface area contributed by atoms with Crippen molar-refractivity contribution in [1.82, 2.24) is 0 Å². The molecule has 1 saturated carbocycles. The number of hydrogen-bond acceptors (Lipinski definition) is 4. The molecule has 3 heterocycles. The van der Waals surface area contributed by atoms with Gasteiger partial charge in [0, 0.05) is 67.7 Å². The van der Waals surface area contributed by atoms with Crippen molar-refractivity contribution in [3.05, 3.63) is 227 Å². The summed E-state index contributed by atoms with van der Waals surface area (Å²) in [6.07, 6.45) is 4.72. The zero-order valence-electron chi connectivity index (χ0n) is 54.1. The van der Waals surface area contributed by atoms with Crippen LogP contribution in [0.4, 0.5) is 62.6 Å². The summed E-state index contributed by atoms with van der Waals surface area (Å²) in [6.45, 7) is 37.8. The third-order valence-electron chi connectivity index (χ3n) is 21.2. The van der Waals surface area contributed by atoms with Gasteiger partial charge in [0.25, 0.3) is 6.71 Å². The summed E-state index contributed by atoms with van der Waals surface area (Å²) in [5, 5.41) is 0. The molecule has 0 bridgehead atoms. The first-order valence-electron chi connectivity index (χ1n) is 32.0. The zero-order chi connectivity index (χ0) is 60.4. The van der Waals surface area contributed by atoms with Gasteiger partial charge in [-0.1, -0.05) is 214 Å². The van der Waals surface area contributed by atoms with Crippen molar-refractivity contribution in [1.29, 1.82) is 0 Å². The molecule has 434 valence electrons. The summed E-state index contributed by atoms with van der Waals surface area (Å²) in [6, 6.07) is 74.1. The van der Waals surface area contributed by atoms with Crippen LogP contribution in [-0.4, -0.2) is 12.3 Å². The number of anilines is 11. The molecule has 1 fully saturated rings. The number of benzene rings is 9. The van der Waals surface area contributed by atoms with E-state index >= 15 is 0 Å². The predicted octanol–water partition coefficient (Wildman–Crippen LogP) is 20.5. The van der Waals surface area contributed by atoms with Crippen molar-refractivity contribution in [3.63, 3.8) is 0 Å². The summed E-state index contributed by atoms with van der Waals surface area (Å²) in [5.74, 6) is 0. The van der Waals surface area contributed by atoms with E-state index < -0.39 is 0 Å². The number of hydrogen-bond donors (Lipinski definition) is 0. The van der Waals surface area contributed by atoms with E-state index in [4.69, 9.17) is 0 Å². The average molecular weight is 1130 g/mol. The molecule has 0 amide bonds. The minimum absolute atomic E-state index is 0.00993. The third-order valence-corrected chi connectivity index (χ3v) is 21.2. The van der Waals surface area contributed by atoms with Crippen molar-refractivity contribution in [3.8, 4) is 11.1 Å². The van der Waals surface area contributed by atoms with Gasteiger partial charge in [0.2, 0.25) is 0 Å². The van der Waals surface area contributed by atoms with Crippen LogP contribution in [0.15, 0.2) is 188 Å². The lowest BCUT2D eigenvalue weighted by molar-refractivity contribution is 0.195. The van der Waals surface area contributed by atoms with Crippen LogP contribution in [0.3, 0.4) is 0 Å². The van der Waals surface area contributed by atoms with E-state index in [0.717, 1.165) is 47.0 Å². The van der Waals surface area contributed by atoms with Crippen molar-refractivity contribution in [2.45, 2.75) is 174 Å². The Bertz CT molecular complexity index is 4050. The summed E-state index contributed by atoms with van der Waals surface area (Å²) >= 11 is 0. The summed E-state index contributed by atoms with van der Waals surface area (Å²) in [4.78, 5) is 10.6. The van der Waals surface area contributed by atoms with E-state index in [0.29, 0.717) is 0 Å².